The molecule has 0 aromatic heterocycles. The third-order valence-electron chi connectivity index (χ3n) is 1.81. The number of aliphatic imine (C=N–C) groups is 1. The number of nitrogens with zero attached hydrogens (tertiary/aromatic N) is 2. The second kappa shape index (κ2) is 2.85. The van der Waals surface area contributed by atoms with Gasteiger partial charge in [-0.2, -0.15) is 0 Å². The number of benzene rings is 1. The van der Waals surface area contributed by atoms with E-state index >= 15 is 0 Å². The minimum absolute atomic E-state index is 0.0691. The van der Waals surface area contributed by atoms with Crippen molar-refractivity contribution in [2.75, 3.05) is 11.9 Å². The Morgan fingerprint density at radius 1 is 1.54 bits per heavy atom. The van der Waals surface area contributed by atoms with Gasteiger partial charge in [-0.25, -0.2) is 0 Å². The zero-order valence-electron chi connectivity index (χ0n) is 6.73. The van der Waals surface area contributed by atoms with E-state index < -0.39 is 4.92 Å². The summed E-state index contributed by atoms with van der Waals surface area (Å²) in [5.74, 6) is 0. The third-order valence-corrected chi connectivity index (χ3v) is 1.81. The van der Waals surface area contributed by atoms with Crippen molar-refractivity contribution in [2.45, 2.75) is 0 Å². The van der Waals surface area contributed by atoms with Gasteiger partial charge in [0.05, 0.1) is 22.8 Å². The molecule has 13 heavy (non-hydrogen) atoms. The van der Waals surface area contributed by atoms with Gasteiger partial charge >= 0.3 is 0 Å². The fraction of sp³-hybridized carbons (Fsp3) is 0.125. The Kier molecular flexibility index (Phi) is 1.70. The lowest BCUT2D eigenvalue weighted by Gasteiger charge is -2.10. The van der Waals surface area contributed by atoms with Crippen LogP contribution in [-0.2, 0) is 0 Å². The molecule has 1 aromatic rings. The van der Waals surface area contributed by atoms with Crippen molar-refractivity contribution >= 4 is 23.3 Å². The van der Waals surface area contributed by atoms with E-state index in [0.29, 0.717) is 12.2 Å². The minimum Gasteiger partial charge on any atom is -0.378 e. The molecule has 1 heterocycles. The van der Waals surface area contributed by atoms with Gasteiger partial charge in [0.2, 0.25) is 0 Å². The van der Waals surface area contributed by atoms with Crippen LogP contribution < -0.4 is 5.32 Å². The van der Waals surface area contributed by atoms with Gasteiger partial charge < -0.3 is 5.32 Å². The molecule has 1 N–H and O–H groups in total. The largest absolute Gasteiger partial charge is 0.378 e. The highest BCUT2D eigenvalue weighted by atomic mass is 16.6. The number of nitro benzene ring substituents is 1. The van der Waals surface area contributed by atoms with Gasteiger partial charge in [0.1, 0.15) is 0 Å². The average Bonchev–Trinajstić information content (AvgIpc) is 2.17. The molecule has 0 radical (unpaired) electrons. The lowest BCUT2D eigenvalue weighted by Crippen LogP contribution is -2.06. The summed E-state index contributed by atoms with van der Waals surface area (Å²) in [5, 5.41) is 13.5. The SMILES string of the molecule is O=[N+]([O-])c1ccc2c(c1)N=CCN2. The van der Waals surface area contributed by atoms with Gasteiger partial charge in [-0.15, -0.1) is 0 Å². The molecule has 0 atom stereocenters. The summed E-state index contributed by atoms with van der Waals surface area (Å²) in [7, 11) is 0. The standard InChI is InChI=1S/C8H7N3O2/c12-11(13)6-1-2-7-8(5-6)10-4-3-9-7/h1-2,4-5,9H,3H2. The number of nitro groups is 1. The topological polar surface area (TPSA) is 67.5 Å². The monoisotopic (exact) mass is 177 g/mol. The Labute approximate surface area is 74.3 Å². The molecular formula is C8H7N3O2. The van der Waals surface area contributed by atoms with Crippen LogP contribution in [-0.4, -0.2) is 17.7 Å². The van der Waals surface area contributed by atoms with E-state index in [-0.39, 0.29) is 5.69 Å². The normalized spacial score (nSPS) is 13.2. The van der Waals surface area contributed by atoms with E-state index in [9.17, 15) is 10.1 Å². The van der Waals surface area contributed by atoms with E-state index in [4.69, 9.17) is 0 Å². The van der Waals surface area contributed by atoms with Gasteiger partial charge in [-0.05, 0) is 6.07 Å². The summed E-state index contributed by atoms with van der Waals surface area (Å²) in [5.41, 5.74) is 1.54. The molecule has 1 aliphatic rings. The molecule has 0 spiro atoms. The van der Waals surface area contributed by atoms with Crippen LogP contribution in [0.3, 0.4) is 0 Å². The molecule has 5 heteroatoms. The van der Waals surface area contributed by atoms with Crippen molar-refractivity contribution in [2.24, 2.45) is 4.99 Å². The lowest BCUT2D eigenvalue weighted by atomic mass is 10.2. The summed E-state index contributed by atoms with van der Waals surface area (Å²) in [6.45, 7) is 0.671. The second-order valence-corrected chi connectivity index (χ2v) is 2.65. The number of fused-ring (bicyclic) bond motifs is 1. The quantitative estimate of drug-likeness (QED) is 0.524. The van der Waals surface area contributed by atoms with Crippen molar-refractivity contribution < 1.29 is 4.92 Å². The Morgan fingerprint density at radius 2 is 2.38 bits per heavy atom. The molecule has 66 valence electrons. The summed E-state index contributed by atoms with van der Waals surface area (Å²) >= 11 is 0. The lowest BCUT2D eigenvalue weighted by molar-refractivity contribution is -0.384. The van der Waals surface area contributed by atoms with Gasteiger partial charge in [0, 0.05) is 18.3 Å². The number of rotatable bonds is 1. The summed E-state index contributed by atoms with van der Waals surface area (Å²) < 4.78 is 0. The Morgan fingerprint density at radius 3 is 3.15 bits per heavy atom. The van der Waals surface area contributed by atoms with Crippen molar-refractivity contribution in [1.82, 2.24) is 0 Å². The maximum Gasteiger partial charge on any atom is 0.271 e. The molecule has 0 bridgehead atoms. The molecule has 0 unspecified atom stereocenters. The first-order valence-electron chi connectivity index (χ1n) is 3.82. The predicted octanol–water partition coefficient (Wildman–Crippen LogP) is 1.72. The molecule has 0 saturated carbocycles. The first-order valence-corrected chi connectivity index (χ1v) is 3.82. The van der Waals surface area contributed by atoms with Crippen LogP contribution >= 0.6 is 0 Å². The second-order valence-electron chi connectivity index (χ2n) is 2.65. The van der Waals surface area contributed by atoms with E-state index in [1.807, 2.05) is 0 Å². The smallest absolute Gasteiger partial charge is 0.271 e. The highest BCUT2D eigenvalue weighted by molar-refractivity contribution is 5.81. The number of nitrogens with one attached hydrogen (secondary N) is 1. The van der Waals surface area contributed by atoms with Gasteiger partial charge in [0.15, 0.2) is 0 Å². The van der Waals surface area contributed by atoms with Gasteiger partial charge in [-0.3, -0.25) is 15.1 Å². The summed E-state index contributed by atoms with van der Waals surface area (Å²) in [6.07, 6.45) is 1.69. The fourth-order valence-corrected chi connectivity index (χ4v) is 1.19. The van der Waals surface area contributed by atoms with Gasteiger partial charge in [0.25, 0.3) is 5.69 Å². The first kappa shape index (κ1) is 7.72. The molecule has 2 rings (SSSR count). The average molecular weight is 177 g/mol. The molecular weight excluding hydrogens is 170 g/mol. The fourth-order valence-electron chi connectivity index (χ4n) is 1.19. The van der Waals surface area contributed by atoms with E-state index in [0.717, 1.165) is 5.69 Å². The molecule has 0 fully saturated rings. The van der Waals surface area contributed by atoms with Crippen LogP contribution in [0, 0.1) is 10.1 Å². The van der Waals surface area contributed by atoms with Crippen molar-refractivity contribution in [1.29, 1.82) is 0 Å². The van der Waals surface area contributed by atoms with Crippen molar-refractivity contribution in [3.05, 3.63) is 28.3 Å². The number of hydrogen-bond acceptors (Lipinski definition) is 4. The molecule has 0 saturated heterocycles. The van der Waals surface area contributed by atoms with Gasteiger partial charge in [-0.1, -0.05) is 0 Å². The van der Waals surface area contributed by atoms with E-state index in [1.165, 1.54) is 12.1 Å². The van der Waals surface area contributed by atoms with Crippen LogP contribution in [0.1, 0.15) is 0 Å². The number of anilines is 1. The maximum atomic E-state index is 10.4. The van der Waals surface area contributed by atoms with Crippen LogP contribution in [0.25, 0.3) is 0 Å². The highest BCUT2D eigenvalue weighted by Gasteiger charge is 2.10. The zero-order valence-corrected chi connectivity index (χ0v) is 6.73. The molecule has 1 aliphatic heterocycles. The molecule has 5 nitrogen and oxygen atoms in total. The summed E-state index contributed by atoms with van der Waals surface area (Å²) in [6, 6.07) is 4.59. The van der Waals surface area contributed by atoms with E-state index in [1.54, 1.807) is 12.3 Å². The third kappa shape index (κ3) is 1.35. The van der Waals surface area contributed by atoms with Crippen LogP contribution in [0.2, 0.25) is 0 Å². The van der Waals surface area contributed by atoms with Crippen molar-refractivity contribution in [3.63, 3.8) is 0 Å². The minimum atomic E-state index is -0.426. The first-order chi connectivity index (χ1) is 6.27. The Hall–Kier alpha value is -1.91. The number of non-ortho nitro benzene ring substituents is 1. The molecule has 1 aromatic carbocycles. The Bertz CT molecular complexity index is 387. The maximum absolute atomic E-state index is 10.4. The molecule has 0 aliphatic carbocycles. The van der Waals surface area contributed by atoms with Crippen LogP contribution in [0.4, 0.5) is 17.1 Å². The number of hydrogen-bond donors (Lipinski definition) is 1. The zero-order chi connectivity index (χ0) is 9.26. The van der Waals surface area contributed by atoms with E-state index in [2.05, 4.69) is 10.3 Å². The van der Waals surface area contributed by atoms with Crippen molar-refractivity contribution in [3.8, 4) is 0 Å². The van der Waals surface area contributed by atoms with Crippen LogP contribution in [0.5, 0.6) is 0 Å². The Balaban J connectivity index is 2.48. The molecule has 0 amide bonds. The summed E-state index contributed by atoms with van der Waals surface area (Å²) in [4.78, 5) is 14.0. The predicted molar refractivity (Wildman–Crippen MR) is 49.7 cm³/mol. The highest BCUT2D eigenvalue weighted by Crippen LogP contribution is 2.30. The van der Waals surface area contributed by atoms with Crippen LogP contribution in [0.15, 0.2) is 23.2 Å².